The van der Waals surface area contributed by atoms with Crippen LogP contribution < -0.4 is 20.3 Å². The van der Waals surface area contributed by atoms with Gasteiger partial charge in [0.15, 0.2) is 6.10 Å². The number of carbonyl (C=O) groups is 2. The summed E-state index contributed by atoms with van der Waals surface area (Å²) in [5.74, 6) is 0.429. The van der Waals surface area contributed by atoms with Crippen LogP contribution in [-0.2, 0) is 4.79 Å². The van der Waals surface area contributed by atoms with Gasteiger partial charge in [0.05, 0.1) is 6.61 Å². The third-order valence-electron chi connectivity index (χ3n) is 3.15. The first-order chi connectivity index (χ1) is 11.6. The van der Waals surface area contributed by atoms with Crippen molar-refractivity contribution in [2.24, 2.45) is 0 Å². The van der Waals surface area contributed by atoms with Crippen LogP contribution >= 0.6 is 0 Å². The average molecular weight is 328 g/mol. The monoisotopic (exact) mass is 328 g/mol. The molecule has 2 aromatic carbocycles. The highest BCUT2D eigenvalue weighted by molar-refractivity contribution is 5.95. The Balaban J connectivity index is 1.82. The zero-order valence-electron chi connectivity index (χ0n) is 13.6. The molecular weight excluding hydrogens is 308 g/mol. The molecule has 0 bridgehead atoms. The van der Waals surface area contributed by atoms with Gasteiger partial charge in [-0.2, -0.15) is 0 Å². The molecule has 2 N–H and O–H groups in total. The zero-order chi connectivity index (χ0) is 17.4. The van der Waals surface area contributed by atoms with Crippen molar-refractivity contribution in [3.8, 4) is 11.5 Å². The van der Waals surface area contributed by atoms with Crippen molar-refractivity contribution in [1.82, 2.24) is 10.9 Å². The van der Waals surface area contributed by atoms with Crippen molar-refractivity contribution in [1.29, 1.82) is 0 Å². The smallest absolute Gasteiger partial charge is 0.279 e. The van der Waals surface area contributed by atoms with Crippen molar-refractivity contribution in [3.63, 3.8) is 0 Å². The third-order valence-corrected chi connectivity index (χ3v) is 3.15. The van der Waals surface area contributed by atoms with Gasteiger partial charge in [-0.25, -0.2) is 0 Å². The second kappa shape index (κ2) is 8.57. The zero-order valence-corrected chi connectivity index (χ0v) is 13.6. The standard InChI is InChI=1S/C18H20N2O4/c1-3-23-15-9-11-16(12-10-15)24-13(2)17(21)19-20-18(22)14-7-5-4-6-8-14/h4-13H,3H2,1-2H3,(H,19,21)(H,20,22)/t13-/m1/s1. The summed E-state index contributed by atoms with van der Waals surface area (Å²) in [6.07, 6.45) is -0.765. The van der Waals surface area contributed by atoms with Crippen molar-refractivity contribution < 1.29 is 19.1 Å². The van der Waals surface area contributed by atoms with Crippen LogP contribution in [0.5, 0.6) is 11.5 Å². The molecule has 2 amide bonds. The highest BCUT2D eigenvalue weighted by Crippen LogP contribution is 2.18. The third kappa shape index (κ3) is 5.01. The molecule has 2 aromatic rings. The second-order valence-corrected chi connectivity index (χ2v) is 4.97. The van der Waals surface area contributed by atoms with Crippen LogP contribution in [-0.4, -0.2) is 24.5 Å². The van der Waals surface area contributed by atoms with E-state index in [1.54, 1.807) is 55.5 Å². The summed E-state index contributed by atoms with van der Waals surface area (Å²) in [6, 6.07) is 15.6. The van der Waals surface area contributed by atoms with Crippen molar-refractivity contribution in [2.45, 2.75) is 20.0 Å². The predicted octanol–water partition coefficient (Wildman–Crippen LogP) is 2.31. The van der Waals surface area contributed by atoms with Gasteiger partial charge in [0.25, 0.3) is 11.8 Å². The SMILES string of the molecule is CCOc1ccc(O[C@H](C)C(=O)NNC(=O)c2ccccc2)cc1. The van der Waals surface area contributed by atoms with Crippen LogP contribution in [0.3, 0.4) is 0 Å². The predicted molar refractivity (Wildman–Crippen MR) is 89.8 cm³/mol. The highest BCUT2D eigenvalue weighted by Gasteiger charge is 2.15. The first kappa shape index (κ1) is 17.3. The molecule has 1 atom stereocenters. The number of nitrogens with one attached hydrogen (secondary N) is 2. The molecule has 0 saturated heterocycles. The molecular formula is C18H20N2O4. The van der Waals surface area contributed by atoms with Crippen molar-refractivity contribution in [3.05, 3.63) is 60.2 Å². The largest absolute Gasteiger partial charge is 0.494 e. The van der Waals surface area contributed by atoms with Crippen molar-refractivity contribution >= 4 is 11.8 Å². The van der Waals surface area contributed by atoms with E-state index in [4.69, 9.17) is 9.47 Å². The van der Waals surface area contributed by atoms with Gasteiger partial charge in [-0.15, -0.1) is 0 Å². The number of amides is 2. The van der Waals surface area contributed by atoms with Crippen LogP contribution in [0.15, 0.2) is 54.6 Å². The molecule has 0 aromatic heterocycles. The van der Waals surface area contributed by atoms with Gasteiger partial charge < -0.3 is 9.47 Å². The first-order valence-corrected chi connectivity index (χ1v) is 7.65. The summed E-state index contributed by atoms with van der Waals surface area (Å²) in [7, 11) is 0. The lowest BCUT2D eigenvalue weighted by atomic mass is 10.2. The molecule has 6 heteroatoms. The van der Waals surface area contributed by atoms with E-state index in [-0.39, 0.29) is 0 Å². The molecule has 0 spiro atoms. The van der Waals surface area contributed by atoms with Gasteiger partial charge in [-0.05, 0) is 50.2 Å². The molecule has 0 aliphatic rings. The second-order valence-electron chi connectivity index (χ2n) is 4.97. The van der Waals surface area contributed by atoms with Gasteiger partial charge in [0.1, 0.15) is 11.5 Å². The van der Waals surface area contributed by atoms with Gasteiger partial charge in [0.2, 0.25) is 0 Å². The molecule has 6 nitrogen and oxygen atoms in total. The molecule has 2 rings (SSSR count). The molecule has 0 aliphatic heterocycles. The number of ether oxygens (including phenoxy) is 2. The van der Waals surface area contributed by atoms with Crippen LogP contribution in [0.25, 0.3) is 0 Å². The number of hydrogen-bond acceptors (Lipinski definition) is 4. The molecule has 0 heterocycles. The Labute approximate surface area is 140 Å². The van der Waals surface area contributed by atoms with E-state index in [0.29, 0.717) is 17.9 Å². The fourth-order valence-electron chi connectivity index (χ4n) is 1.92. The molecule has 0 unspecified atom stereocenters. The summed E-state index contributed by atoms with van der Waals surface area (Å²) in [5, 5.41) is 0. The minimum absolute atomic E-state index is 0.391. The maximum Gasteiger partial charge on any atom is 0.279 e. The average Bonchev–Trinajstić information content (AvgIpc) is 2.62. The summed E-state index contributed by atoms with van der Waals surface area (Å²) >= 11 is 0. The van der Waals surface area contributed by atoms with E-state index >= 15 is 0 Å². The first-order valence-electron chi connectivity index (χ1n) is 7.65. The van der Waals surface area contributed by atoms with Gasteiger partial charge in [-0.1, -0.05) is 18.2 Å². The summed E-state index contributed by atoms with van der Waals surface area (Å²) < 4.78 is 10.9. The Morgan fingerprint density at radius 3 is 2.21 bits per heavy atom. The number of rotatable bonds is 6. The van der Waals surface area contributed by atoms with E-state index < -0.39 is 17.9 Å². The molecule has 126 valence electrons. The molecule has 24 heavy (non-hydrogen) atoms. The van der Waals surface area contributed by atoms with Crippen LogP contribution in [0.4, 0.5) is 0 Å². The minimum Gasteiger partial charge on any atom is -0.494 e. The number of hydrazine groups is 1. The fraction of sp³-hybridized carbons (Fsp3) is 0.222. The van der Waals surface area contributed by atoms with E-state index in [0.717, 1.165) is 5.75 Å². The Bertz CT molecular complexity index is 671. The Morgan fingerprint density at radius 2 is 1.58 bits per heavy atom. The molecule has 0 radical (unpaired) electrons. The normalized spacial score (nSPS) is 11.2. The van der Waals surface area contributed by atoms with Crippen molar-refractivity contribution in [2.75, 3.05) is 6.61 Å². The maximum absolute atomic E-state index is 12.0. The van der Waals surface area contributed by atoms with Gasteiger partial charge in [-0.3, -0.25) is 20.4 Å². The van der Waals surface area contributed by atoms with Gasteiger partial charge >= 0.3 is 0 Å². The molecule has 0 aliphatic carbocycles. The van der Waals surface area contributed by atoms with Crippen LogP contribution in [0.2, 0.25) is 0 Å². The number of hydrogen-bond donors (Lipinski definition) is 2. The van der Waals surface area contributed by atoms with E-state index in [1.165, 1.54) is 0 Å². The van der Waals surface area contributed by atoms with Crippen LogP contribution in [0, 0.1) is 0 Å². The van der Waals surface area contributed by atoms with E-state index in [1.807, 2.05) is 13.0 Å². The number of carbonyl (C=O) groups excluding carboxylic acids is 2. The van der Waals surface area contributed by atoms with E-state index in [2.05, 4.69) is 10.9 Å². The fourth-order valence-corrected chi connectivity index (χ4v) is 1.92. The Kier molecular flexibility index (Phi) is 6.19. The Hall–Kier alpha value is -3.02. The summed E-state index contributed by atoms with van der Waals surface area (Å²) in [4.78, 5) is 23.8. The quantitative estimate of drug-likeness (QED) is 0.798. The lowest BCUT2D eigenvalue weighted by Crippen LogP contribution is -2.47. The van der Waals surface area contributed by atoms with Crippen LogP contribution in [0.1, 0.15) is 24.2 Å². The highest BCUT2D eigenvalue weighted by atomic mass is 16.5. The summed E-state index contributed by atoms with van der Waals surface area (Å²) in [5.41, 5.74) is 5.15. The van der Waals surface area contributed by atoms with Gasteiger partial charge in [0, 0.05) is 5.56 Å². The Morgan fingerprint density at radius 1 is 0.958 bits per heavy atom. The minimum atomic E-state index is -0.765. The maximum atomic E-state index is 12.0. The van der Waals surface area contributed by atoms with E-state index in [9.17, 15) is 9.59 Å². The lowest BCUT2D eigenvalue weighted by molar-refractivity contribution is -0.128. The molecule has 0 fully saturated rings. The summed E-state index contributed by atoms with van der Waals surface area (Å²) in [6.45, 7) is 4.08. The molecule has 0 saturated carbocycles. The number of benzene rings is 2. The topological polar surface area (TPSA) is 76.7 Å². The lowest BCUT2D eigenvalue weighted by Gasteiger charge is -2.15.